The first kappa shape index (κ1) is 17.4. The van der Waals surface area contributed by atoms with Crippen molar-refractivity contribution in [2.45, 2.75) is 65.1 Å². The third kappa shape index (κ3) is 2.97. The van der Waals surface area contributed by atoms with Gasteiger partial charge in [-0.2, -0.15) is 0 Å². The molecule has 4 unspecified atom stereocenters. The predicted molar refractivity (Wildman–Crippen MR) is 103 cm³/mol. The average molecular weight is 355 g/mol. The molecule has 2 aliphatic rings. The third-order valence-electron chi connectivity index (χ3n) is 6.63. The summed E-state index contributed by atoms with van der Waals surface area (Å²) in [4.78, 5) is 25.1. The van der Waals surface area contributed by atoms with Crippen molar-refractivity contribution in [2.24, 2.45) is 17.8 Å². The van der Waals surface area contributed by atoms with Gasteiger partial charge in [-0.3, -0.25) is 13.9 Å². The number of rotatable bonds is 6. The number of para-hydroxylation sites is 2. The van der Waals surface area contributed by atoms with Crippen molar-refractivity contribution in [1.29, 1.82) is 0 Å². The molecule has 1 N–H and O–H groups in total. The fourth-order valence-corrected chi connectivity index (χ4v) is 5.35. The molecule has 26 heavy (non-hydrogen) atoms. The van der Waals surface area contributed by atoms with E-state index in [9.17, 15) is 9.59 Å². The Bertz CT molecular complexity index is 866. The lowest BCUT2D eigenvalue weighted by Gasteiger charge is -2.28. The van der Waals surface area contributed by atoms with Crippen LogP contribution in [0.1, 0.15) is 46.0 Å². The van der Waals surface area contributed by atoms with Crippen molar-refractivity contribution in [3.8, 4) is 0 Å². The zero-order chi connectivity index (χ0) is 18.3. The Morgan fingerprint density at radius 2 is 1.92 bits per heavy atom. The molecule has 2 saturated carbocycles. The van der Waals surface area contributed by atoms with Gasteiger partial charge in [0.15, 0.2) is 0 Å². The second kappa shape index (κ2) is 6.93. The van der Waals surface area contributed by atoms with Gasteiger partial charge in [-0.05, 0) is 63.0 Å². The monoisotopic (exact) mass is 355 g/mol. The van der Waals surface area contributed by atoms with E-state index in [-0.39, 0.29) is 17.6 Å². The van der Waals surface area contributed by atoms with Crippen LogP contribution in [0.25, 0.3) is 11.0 Å². The van der Waals surface area contributed by atoms with E-state index < -0.39 is 0 Å². The lowest BCUT2D eigenvalue weighted by Crippen LogP contribution is -2.40. The number of benzene rings is 1. The second-order valence-electron chi connectivity index (χ2n) is 8.11. The molecule has 2 fully saturated rings. The fourth-order valence-electron chi connectivity index (χ4n) is 5.35. The maximum Gasteiger partial charge on any atom is 0.329 e. The maximum absolute atomic E-state index is 12.6. The van der Waals surface area contributed by atoms with Gasteiger partial charge < -0.3 is 5.32 Å². The highest BCUT2D eigenvalue weighted by Gasteiger charge is 2.42. The molecule has 2 bridgehead atoms. The molecule has 0 radical (unpaired) electrons. The lowest BCUT2D eigenvalue weighted by atomic mass is 9.84. The van der Waals surface area contributed by atoms with E-state index in [4.69, 9.17) is 0 Å². The Balaban J connectivity index is 1.41. The molecule has 0 spiro atoms. The summed E-state index contributed by atoms with van der Waals surface area (Å²) in [6.45, 7) is 5.20. The minimum atomic E-state index is -0.0253. The number of carbonyl (C=O) groups excluding carboxylic acids is 1. The highest BCUT2D eigenvalue weighted by atomic mass is 16.2. The van der Waals surface area contributed by atoms with E-state index in [2.05, 4.69) is 12.2 Å². The number of hydrogen-bond acceptors (Lipinski definition) is 2. The van der Waals surface area contributed by atoms with Crippen LogP contribution in [0.15, 0.2) is 29.1 Å². The molecule has 2 aromatic rings. The first-order valence-electron chi connectivity index (χ1n) is 10.1. The Morgan fingerprint density at radius 1 is 1.19 bits per heavy atom. The number of carbonyl (C=O) groups is 1. The van der Waals surface area contributed by atoms with E-state index in [1.165, 1.54) is 25.7 Å². The summed E-state index contributed by atoms with van der Waals surface area (Å²) in [7, 11) is 0. The summed E-state index contributed by atoms with van der Waals surface area (Å²) in [6, 6.07) is 8.05. The number of fused-ring (bicyclic) bond motifs is 3. The molecule has 1 amide bonds. The van der Waals surface area contributed by atoms with Crippen LogP contribution in [0.3, 0.4) is 0 Å². The topological polar surface area (TPSA) is 56.0 Å². The first-order valence-corrected chi connectivity index (χ1v) is 10.1. The normalized spacial score (nSPS) is 25.7. The van der Waals surface area contributed by atoms with Crippen molar-refractivity contribution in [3.63, 3.8) is 0 Å². The quantitative estimate of drug-likeness (QED) is 0.865. The SMILES string of the molecule is CCn1c(=O)n(CCC(=O)NC(C)C2CC3CCC2C3)c2ccccc21. The van der Waals surface area contributed by atoms with E-state index in [1.54, 1.807) is 9.13 Å². The summed E-state index contributed by atoms with van der Waals surface area (Å²) >= 11 is 0. The number of amides is 1. The fraction of sp³-hybridized carbons (Fsp3) is 0.619. The van der Waals surface area contributed by atoms with E-state index in [0.717, 1.165) is 22.9 Å². The van der Waals surface area contributed by atoms with Crippen LogP contribution in [0.5, 0.6) is 0 Å². The van der Waals surface area contributed by atoms with Gasteiger partial charge >= 0.3 is 5.69 Å². The van der Waals surface area contributed by atoms with Crippen molar-refractivity contribution >= 4 is 16.9 Å². The molecular formula is C21H29N3O2. The third-order valence-corrected chi connectivity index (χ3v) is 6.63. The highest BCUT2D eigenvalue weighted by molar-refractivity contribution is 5.78. The molecule has 0 aliphatic heterocycles. The number of nitrogens with zero attached hydrogens (tertiary/aromatic N) is 2. The van der Waals surface area contributed by atoms with Gasteiger partial charge in [-0.15, -0.1) is 0 Å². The minimum absolute atomic E-state index is 0.0253. The predicted octanol–water partition coefficient (Wildman–Crippen LogP) is 3.15. The zero-order valence-electron chi connectivity index (χ0n) is 15.8. The molecule has 4 rings (SSSR count). The van der Waals surface area contributed by atoms with Gasteiger partial charge in [0.2, 0.25) is 5.91 Å². The first-order chi connectivity index (χ1) is 12.6. The van der Waals surface area contributed by atoms with Crippen molar-refractivity contribution in [2.75, 3.05) is 0 Å². The number of imidazole rings is 1. The number of hydrogen-bond donors (Lipinski definition) is 1. The van der Waals surface area contributed by atoms with Crippen LogP contribution in [-0.4, -0.2) is 21.1 Å². The summed E-state index contributed by atoms with van der Waals surface area (Å²) in [6.07, 6.45) is 5.70. The second-order valence-corrected chi connectivity index (χ2v) is 8.11. The molecule has 5 heteroatoms. The maximum atomic E-state index is 12.6. The lowest BCUT2D eigenvalue weighted by molar-refractivity contribution is -0.122. The molecule has 140 valence electrons. The Kier molecular flexibility index (Phi) is 4.63. The standard InChI is InChI=1S/C21H29N3O2/c1-3-23-18-6-4-5-7-19(18)24(21(23)26)11-10-20(25)22-14(2)17-13-15-8-9-16(17)12-15/h4-7,14-17H,3,8-13H2,1-2H3,(H,22,25). The zero-order valence-corrected chi connectivity index (χ0v) is 15.8. The largest absolute Gasteiger partial charge is 0.353 e. The Morgan fingerprint density at radius 3 is 2.54 bits per heavy atom. The molecule has 1 heterocycles. The highest BCUT2D eigenvalue weighted by Crippen LogP contribution is 2.49. The van der Waals surface area contributed by atoms with Crippen molar-refractivity contribution < 1.29 is 4.79 Å². The van der Waals surface area contributed by atoms with Crippen LogP contribution in [0, 0.1) is 17.8 Å². The number of aryl methyl sites for hydroxylation is 2. The van der Waals surface area contributed by atoms with Gasteiger partial charge in [0.1, 0.15) is 0 Å². The number of aromatic nitrogens is 2. The van der Waals surface area contributed by atoms with E-state index in [0.29, 0.717) is 25.4 Å². The molecule has 4 atom stereocenters. The van der Waals surface area contributed by atoms with E-state index >= 15 is 0 Å². The van der Waals surface area contributed by atoms with Gasteiger partial charge in [-0.25, -0.2) is 4.79 Å². The van der Waals surface area contributed by atoms with E-state index in [1.807, 2.05) is 31.2 Å². The van der Waals surface area contributed by atoms with Crippen molar-refractivity contribution in [1.82, 2.24) is 14.5 Å². The summed E-state index contributed by atoms with van der Waals surface area (Å²) in [5.74, 6) is 2.39. The summed E-state index contributed by atoms with van der Waals surface area (Å²) in [5.41, 5.74) is 1.83. The van der Waals surface area contributed by atoms with Crippen LogP contribution < -0.4 is 11.0 Å². The van der Waals surface area contributed by atoms with Crippen LogP contribution >= 0.6 is 0 Å². The Hall–Kier alpha value is -2.04. The van der Waals surface area contributed by atoms with Crippen molar-refractivity contribution in [3.05, 3.63) is 34.7 Å². The van der Waals surface area contributed by atoms with Gasteiger partial charge in [0, 0.05) is 25.6 Å². The molecule has 1 aromatic heterocycles. The van der Waals surface area contributed by atoms with Crippen LogP contribution in [-0.2, 0) is 17.9 Å². The van der Waals surface area contributed by atoms with Crippen LogP contribution in [0.2, 0.25) is 0 Å². The summed E-state index contributed by atoms with van der Waals surface area (Å²) < 4.78 is 3.51. The van der Waals surface area contributed by atoms with Gasteiger partial charge in [0.25, 0.3) is 0 Å². The van der Waals surface area contributed by atoms with Gasteiger partial charge in [0.05, 0.1) is 11.0 Å². The molecule has 1 aromatic carbocycles. The minimum Gasteiger partial charge on any atom is -0.353 e. The van der Waals surface area contributed by atoms with Crippen LogP contribution in [0.4, 0.5) is 0 Å². The molecule has 5 nitrogen and oxygen atoms in total. The average Bonchev–Trinajstić information content (AvgIpc) is 3.33. The Labute approximate surface area is 154 Å². The molecule has 0 saturated heterocycles. The smallest absolute Gasteiger partial charge is 0.329 e. The summed E-state index contributed by atoms with van der Waals surface area (Å²) in [5, 5.41) is 3.20. The molecule has 2 aliphatic carbocycles. The van der Waals surface area contributed by atoms with Gasteiger partial charge in [-0.1, -0.05) is 18.6 Å². The molecular weight excluding hydrogens is 326 g/mol. The number of nitrogens with one attached hydrogen (secondary N) is 1.